The summed E-state index contributed by atoms with van der Waals surface area (Å²) in [5.41, 5.74) is 6.22. The van der Waals surface area contributed by atoms with Gasteiger partial charge in [-0.1, -0.05) is 0 Å². The molecule has 0 bridgehead atoms. The SMILES string of the molecule is CN(C(=O)c1cc(F)ccc1N)C1CC1. The number of nitrogen functional groups attached to an aromatic ring is 1. The number of nitrogens with two attached hydrogens (primary N) is 1. The van der Waals surface area contributed by atoms with Crippen LogP contribution in [0.4, 0.5) is 10.1 Å². The summed E-state index contributed by atoms with van der Waals surface area (Å²) >= 11 is 0. The van der Waals surface area contributed by atoms with Crippen LogP contribution in [0.25, 0.3) is 0 Å². The first-order chi connectivity index (χ1) is 7.09. The highest BCUT2D eigenvalue weighted by molar-refractivity contribution is 5.99. The van der Waals surface area contributed by atoms with Gasteiger partial charge in [-0.25, -0.2) is 4.39 Å². The van der Waals surface area contributed by atoms with Crippen molar-refractivity contribution in [1.82, 2.24) is 4.90 Å². The Bertz CT molecular complexity index is 402. The molecule has 0 spiro atoms. The van der Waals surface area contributed by atoms with Crippen molar-refractivity contribution in [1.29, 1.82) is 0 Å². The van der Waals surface area contributed by atoms with Crippen LogP contribution in [0.1, 0.15) is 23.2 Å². The Kier molecular flexibility index (Phi) is 2.34. The lowest BCUT2D eigenvalue weighted by atomic mass is 10.1. The zero-order valence-corrected chi connectivity index (χ0v) is 8.53. The summed E-state index contributed by atoms with van der Waals surface area (Å²) < 4.78 is 13.0. The van der Waals surface area contributed by atoms with E-state index in [9.17, 15) is 9.18 Å². The molecule has 0 saturated heterocycles. The van der Waals surface area contributed by atoms with Gasteiger partial charge in [0.1, 0.15) is 5.82 Å². The van der Waals surface area contributed by atoms with Crippen molar-refractivity contribution in [3.05, 3.63) is 29.6 Å². The molecule has 1 aliphatic carbocycles. The average Bonchev–Trinajstić information content (AvgIpc) is 3.03. The second-order valence-electron chi connectivity index (χ2n) is 3.88. The standard InChI is InChI=1S/C11H13FN2O/c1-14(8-3-4-8)11(15)9-6-7(12)2-5-10(9)13/h2,5-6,8H,3-4,13H2,1H3. The smallest absolute Gasteiger partial charge is 0.256 e. The Morgan fingerprint density at radius 1 is 1.53 bits per heavy atom. The van der Waals surface area contributed by atoms with Crippen LogP contribution in [0.5, 0.6) is 0 Å². The molecule has 1 fully saturated rings. The fraction of sp³-hybridized carbons (Fsp3) is 0.364. The number of carbonyl (C=O) groups is 1. The van der Waals surface area contributed by atoms with Gasteiger partial charge < -0.3 is 10.6 Å². The van der Waals surface area contributed by atoms with Crippen molar-refractivity contribution in [2.45, 2.75) is 18.9 Å². The molecule has 0 aliphatic heterocycles. The number of carbonyl (C=O) groups excluding carboxylic acids is 1. The predicted octanol–water partition coefficient (Wildman–Crippen LogP) is 1.64. The molecule has 1 aromatic carbocycles. The highest BCUT2D eigenvalue weighted by Gasteiger charge is 2.30. The fourth-order valence-electron chi connectivity index (χ4n) is 1.53. The lowest BCUT2D eigenvalue weighted by Crippen LogP contribution is -2.29. The van der Waals surface area contributed by atoms with Crippen molar-refractivity contribution in [3.63, 3.8) is 0 Å². The summed E-state index contributed by atoms with van der Waals surface area (Å²) in [7, 11) is 1.73. The van der Waals surface area contributed by atoms with Gasteiger partial charge in [0.15, 0.2) is 0 Å². The van der Waals surface area contributed by atoms with Crippen LogP contribution in [0.3, 0.4) is 0 Å². The zero-order valence-electron chi connectivity index (χ0n) is 8.53. The first-order valence-electron chi connectivity index (χ1n) is 4.92. The quantitative estimate of drug-likeness (QED) is 0.751. The van der Waals surface area contributed by atoms with E-state index in [1.54, 1.807) is 11.9 Å². The van der Waals surface area contributed by atoms with E-state index in [1.165, 1.54) is 18.2 Å². The molecule has 0 atom stereocenters. The molecule has 0 heterocycles. The van der Waals surface area contributed by atoms with E-state index < -0.39 is 5.82 Å². The fourth-order valence-corrected chi connectivity index (χ4v) is 1.53. The molecule has 15 heavy (non-hydrogen) atoms. The van der Waals surface area contributed by atoms with Crippen molar-refractivity contribution in [2.75, 3.05) is 12.8 Å². The number of nitrogens with zero attached hydrogens (tertiary/aromatic N) is 1. The zero-order chi connectivity index (χ0) is 11.0. The van der Waals surface area contributed by atoms with Crippen LogP contribution < -0.4 is 5.73 Å². The highest BCUT2D eigenvalue weighted by atomic mass is 19.1. The van der Waals surface area contributed by atoms with Gasteiger partial charge in [0.2, 0.25) is 0 Å². The van der Waals surface area contributed by atoms with Gasteiger partial charge in [0.05, 0.1) is 5.56 Å². The van der Waals surface area contributed by atoms with E-state index in [1.807, 2.05) is 0 Å². The number of rotatable bonds is 2. The lowest BCUT2D eigenvalue weighted by Gasteiger charge is -2.17. The summed E-state index contributed by atoms with van der Waals surface area (Å²) in [5, 5.41) is 0. The normalized spacial score (nSPS) is 15.1. The topological polar surface area (TPSA) is 46.3 Å². The van der Waals surface area contributed by atoms with Crippen LogP contribution >= 0.6 is 0 Å². The molecule has 1 aliphatic rings. The third kappa shape index (κ3) is 1.93. The molecule has 0 radical (unpaired) electrons. The average molecular weight is 208 g/mol. The van der Waals surface area contributed by atoms with E-state index in [0.29, 0.717) is 11.7 Å². The van der Waals surface area contributed by atoms with Crippen molar-refractivity contribution in [3.8, 4) is 0 Å². The predicted molar refractivity (Wildman–Crippen MR) is 55.9 cm³/mol. The summed E-state index contributed by atoms with van der Waals surface area (Å²) in [6, 6.07) is 4.17. The Hall–Kier alpha value is -1.58. The number of anilines is 1. The molecular weight excluding hydrogens is 195 g/mol. The maximum absolute atomic E-state index is 13.0. The monoisotopic (exact) mass is 208 g/mol. The second-order valence-corrected chi connectivity index (χ2v) is 3.88. The molecule has 1 amide bonds. The van der Waals surface area contributed by atoms with E-state index >= 15 is 0 Å². The maximum atomic E-state index is 13.0. The van der Waals surface area contributed by atoms with Crippen LogP contribution in [-0.4, -0.2) is 23.9 Å². The number of halogens is 1. The van der Waals surface area contributed by atoms with Crippen molar-refractivity contribution >= 4 is 11.6 Å². The molecule has 1 aromatic rings. The minimum atomic E-state index is -0.434. The molecule has 0 aromatic heterocycles. The van der Waals surface area contributed by atoms with Gasteiger partial charge in [-0.15, -0.1) is 0 Å². The molecular formula is C11H13FN2O. The summed E-state index contributed by atoms with van der Waals surface area (Å²) in [6.45, 7) is 0. The van der Waals surface area contributed by atoms with Crippen LogP contribution in [0.15, 0.2) is 18.2 Å². The van der Waals surface area contributed by atoms with Gasteiger partial charge >= 0.3 is 0 Å². The Balaban J connectivity index is 2.27. The highest BCUT2D eigenvalue weighted by Crippen LogP contribution is 2.27. The summed E-state index contributed by atoms with van der Waals surface area (Å²) in [5.74, 6) is -0.633. The van der Waals surface area contributed by atoms with Gasteiger partial charge in [-0.05, 0) is 31.0 Å². The summed E-state index contributed by atoms with van der Waals surface area (Å²) in [4.78, 5) is 13.5. The molecule has 4 heteroatoms. The van der Waals surface area contributed by atoms with E-state index in [2.05, 4.69) is 0 Å². The van der Waals surface area contributed by atoms with Crippen LogP contribution in [-0.2, 0) is 0 Å². The largest absolute Gasteiger partial charge is 0.398 e. The molecule has 0 unspecified atom stereocenters. The second kappa shape index (κ2) is 3.53. The first-order valence-corrected chi connectivity index (χ1v) is 4.92. The number of hydrogen-bond donors (Lipinski definition) is 1. The van der Waals surface area contributed by atoms with E-state index in [-0.39, 0.29) is 11.5 Å². The minimum Gasteiger partial charge on any atom is -0.398 e. The molecule has 2 N–H and O–H groups in total. The third-order valence-electron chi connectivity index (χ3n) is 2.66. The van der Waals surface area contributed by atoms with Crippen LogP contribution in [0, 0.1) is 5.82 Å². The summed E-state index contributed by atoms with van der Waals surface area (Å²) in [6.07, 6.45) is 2.05. The lowest BCUT2D eigenvalue weighted by molar-refractivity contribution is 0.0785. The number of benzene rings is 1. The van der Waals surface area contributed by atoms with Crippen molar-refractivity contribution in [2.24, 2.45) is 0 Å². The minimum absolute atomic E-state index is 0.200. The third-order valence-corrected chi connectivity index (χ3v) is 2.66. The van der Waals surface area contributed by atoms with Gasteiger partial charge in [0.25, 0.3) is 5.91 Å². The van der Waals surface area contributed by atoms with E-state index in [0.717, 1.165) is 12.8 Å². The first kappa shape index (κ1) is 9.96. The molecule has 80 valence electrons. The van der Waals surface area contributed by atoms with Crippen LogP contribution in [0.2, 0.25) is 0 Å². The van der Waals surface area contributed by atoms with Gasteiger partial charge in [0, 0.05) is 18.8 Å². The number of amides is 1. The number of hydrogen-bond acceptors (Lipinski definition) is 2. The molecule has 3 nitrogen and oxygen atoms in total. The van der Waals surface area contributed by atoms with Gasteiger partial charge in [-0.3, -0.25) is 4.79 Å². The molecule has 2 rings (SSSR count). The Morgan fingerprint density at radius 2 is 2.20 bits per heavy atom. The van der Waals surface area contributed by atoms with Gasteiger partial charge in [-0.2, -0.15) is 0 Å². The maximum Gasteiger partial charge on any atom is 0.256 e. The Labute approximate surface area is 87.7 Å². The molecule has 1 saturated carbocycles. The van der Waals surface area contributed by atoms with E-state index in [4.69, 9.17) is 5.73 Å². The Morgan fingerprint density at radius 3 is 2.80 bits per heavy atom. The van der Waals surface area contributed by atoms with Crippen molar-refractivity contribution < 1.29 is 9.18 Å².